The number of halogens is 2. The molecular weight excluding hydrogens is 202 g/mol. The first kappa shape index (κ1) is 10.6. The SMILES string of the molecule is [B]C1OC(COC)C(O)C1(Cl)Cl. The lowest BCUT2D eigenvalue weighted by Gasteiger charge is -2.20. The van der Waals surface area contributed by atoms with Crippen LogP contribution in [0.5, 0.6) is 0 Å². The Hall–Kier alpha value is 0.525. The standard InChI is InChI=1S/C6H9BCl2O3/c1-11-2-3-4(10)6(8,9)5(7)12-3/h3-5,10H,2H2,1H3. The summed E-state index contributed by atoms with van der Waals surface area (Å²) in [5, 5.41) is 9.47. The van der Waals surface area contributed by atoms with Gasteiger partial charge < -0.3 is 14.6 Å². The lowest BCUT2D eigenvalue weighted by Crippen LogP contribution is -2.38. The number of hydrogen-bond acceptors (Lipinski definition) is 3. The molecule has 6 heteroatoms. The first-order chi connectivity index (χ1) is 5.50. The van der Waals surface area contributed by atoms with Crippen LogP contribution in [0.1, 0.15) is 0 Å². The fraction of sp³-hybridized carbons (Fsp3) is 1.00. The van der Waals surface area contributed by atoms with Gasteiger partial charge in [-0.1, -0.05) is 23.2 Å². The van der Waals surface area contributed by atoms with Gasteiger partial charge in [-0.15, -0.1) is 0 Å². The third-order valence-corrected chi connectivity index (χ3v) is 2.66. The predicted molar refractivity (Wildman–Crippen MR) is 46.7 cm³/mol. The number of ether oxygens (including phenoxy) is 2. The smallest absolute Gasteiger partial charge is 0.163 e. The quantitative estimate of drug-likeness (QED) is 0.518. The van der Waals surface area contributed by atoms with E-state index in [2.05, 4.69) is 0 Å². The van der Waals surface area contributed by atoms with E-state index in [4.69, 9.17) is 40.5 Å². The molecule has 68 valence electrons. The average molecular weight is 211 g/mol. The van der Waals surface area contributed by atoms with E-state index in [0.717, 1.165) is 0 Å². The predicted octanol–water partition coefficient (Wildman–Crippen LogP) is 0.0610. The van der Waals surface area contributed by atoms with Gasteiger partial charge in [-0.25, -0.2) is 0 Å². The molecule has 2 radical (unpaired) electrons. The van der Waals surface area contributed by atoms with Crippen molar-refractivity contribution in [3.63, 3.8) is 0 Å². The summed E-state index contributed by atoms with van der Waals surface area (Å²) in [6.07, 6.45) is -1.57. The van der Waals surface area contributed by atoms with E-state index in [9.17, 15) is 5.11 Å². The molecule has 0 aliphatic carbocycles. The molecule has 3 unspecified atom stereocenters. The molecule has 0 spiro atoms. The summed E-state index contributed by atoms with van der Waals surface area (Å²) in [6.45, 7) is 0.218. The van der Waals surface area contributed by atoms with Crippen molar-refractivity contribution in [3.05, 3.63) is 0 Å². The number of alkyl halides is 2. The zero-order valence-electron chi connectivity index (χ0n) is 6.54. The van der Waals surface area contributed by atoms with Crippen LogP contribution in [0, 0.1) is 0 Å². The van der Waals surface area contributed by atoms with Gasteiger partial charge in [0.2, 0.25) is 0 Å². The molecule has 1 saturated heterocycles. The highest BCUT2D eigenvalue weighted by Gasteiger charge is 2.51. The van der Waals surface area contributed by atoms with Gasteiger partial charge in [0.1, 0.15) is 20.1 Å². The summed E-state index contributed by atoms with van der Waals surface area (Å²) in [7, 11) is 6.91. The summed E-state index contributed by atoms with van der Waals surface area (Å²) in [5.41, 5.74) is 0. The maximum absolute atomic E-state index is 9.47. The van der Waals surface area contributed by atoms with Crippen molar-refractivity contribution in [1.29, 1.82) is 0 Å². The van der Waals surface area contributed by atoms with E-state index in [-0.39, 0.29) is 6.61 Å². The normalized spacial score (nSPS) is 40.2. The molecule has 3 nitrogen and oxygen atoms in total. The van der Waals surface area contributed by atoms with E-state index in [1.54, 1.807) is 0 Å². The van der Waals surface area contributed by atoms with Crippen molar-refractivity contribution in [3.8, 4) is 0 Å². The number of hydrogen-bond donors (Lipinski definition) is 1. The van der Waals surface area contributed by atoms with E-state index in [1.165, 1.54) is 7.11 Å². The zero-order chi connectivity index (χ0) is 9.35. The van der Waals surface area contributed by atoms with Gasteiger partial charge in [-0.3, -0.25) is 0 Å². The lowest BCUT2D eigenvalue weighted by molar-refractivity contribution is -0.0175. The highest BCUT2D eigenvalue weighted by molar-refractivity contribution is 6.52. The molecule has 0 aromatic rings. The summed E-state index contributed by atoms with van der Waals surface area (Å²) >= 11 is 11.4. The van der Waals surface area contributed by atoms with E-state index in [1.807, 2.05) is 0 Å². The van der Waals surface area contributed by atoms with Gasteiger partial charge in [-0.2, -0.15) is 0 Å². The summed E-state index contributed by atoms with van der Waals surface area (Å²) in [4.78, 5) is 0. The van der Waals surface area contributed by atoms with Crippen molar-refractivity contribution < 1.29 is 14.6 Å². The Kier molecular flexibility index (Phi) is 3.29. The fourth-order valence-corrected chi connectivity index (χ4v) is 1.45. The van der Waals surface area contributed by atoms with Crippen LogP contribution in [-0.2, 0) is 9.47 Å². The van der Waals surface area contributed by atoms with Crippen LogP contribution >= 0.6 is 23.2 Å². The molecule has 0 bridgehead atoms. The first-order valence-electron chi connectivity index (χ1n) is 3.46. The Morgan fingerprint density at radius 3 is 2.58 bits per heavy atom. The lowest BCUT2D eigenvalue weighted by atomic mass is 9.95. The average Bonchev–Trinajstić information content (AvgIpc) is 2.17. The molecule has 1 rings (SSSR count). The second kappa shape index (κ2) is 3.72. The van der Waals surface area contributed by atoms with Gasteiger partial charge in [-0.05, 0) is 0 Å². The van der Waals surface area contributed by atoms with Crippen molar-refractivity contribution >= 4 is 31.0 Å². The van der Waals surface area contributed by atoms with Gasteiger partial charge >= 0.3 is 0 Å². The first-order valence-corrected chi connectivity index (χ1v) is 4.21. The van der Waals surface area contributed by atoms with Crippen LogP contribution in [0.25, 0.3) is 0 Å². The molecule has 1 aliphatic heterocycles. The van der Waals surface area contributed by atoms with Crippen molar-refractivity contribution in [2.75, 3.05) is 13.7 Å². The minimum atomic E-state index is -1.44. The summed E-state index contributed by atoms with van der Waals surface area (Å²) in [5.74, 6) is 0. The van der Waals surface area contributed by atoms with Crippen molar-refractivity contribution in [1.82, 2.24) is 0 Å². The van der Waals surface area contributed by atoms with Gasteiger partial charge in [0.25, 0.3) is 0 Å². The van der Waals surface area contributed by atoms with Crippen LogP contribution in [0.15, 0.2) is 0 Å². The highest BCUT2D eigenvalue weighted by Crippen LogP contribution is 2.39. The van der Waals surface area contributed by atoms with Gasteiger partial charge in [0, 0.05) is 7.11 Å². The Bertz CT molecular complexity index is 167. The Morgan fingerprint density at radius 1 is 1.67 bits per heavy atom. The third kappa shape index (κ3) is 1.73. The zero-order valence-corrected chi connectivity index (χ0v) is 8.05. The monoisotopic (exact) mass is 210 g/mol. The number of rotatable bonds is 2. The highest BCUT2D eigenvalue weighted by atomic mass is 35.5. The molecule has 0 aromatic heterocycles. The second-order valence-corrected chi connectivity index (χ2v) is 4.11. The molecule has 1 N–H and O–H groups in total. The van der Waals surface area contributed by atoms with Crippen LogP contribution in [0.2, 0.25) is 0 Å². The van der Waals surface area contributed by atoms with Crippen molar-refractivity contribution in [2.45, 2.75) is 22.5 Å². The van der Waals surface area contributed by atoms with Crippen molar-refractivity contribution in [2.24, 2.45) is 0 Å². The molecule has 1 aliphatic rings. The van der Waals surface area contributed by atoms with Crippen LogP contribution in [-0.4, -0.2) is 49.2 Å². The van der Waals surface area contributed by atoms with Crippen LogP contribution in [0.4, 0.5) is 0 Å². The Labute approximate surface area is 82.3 Å². The van der Waals surface area contributed by atoms with E-state index in [0.29, 0.717) is 0 Å². The molecule has 1 heterocycles. The Balaban J connectivity index is 2.63. The molecular formula is C6H9BCl2O3. The Morgan fingerprint density at radius 2 is 2.25 bits per heavy atom. The van der Waals surface area contributed by atoms with Gasteiger partial charge in [0.05, 0.1) is 12.6 Å². The minimum absolute atomic E-state index is 0.218. The van der Waals surface area contributed by atoms with E-state index >= 15 is 0 Å². The number of aliphatic hydroxyl groups is 1. The molecule has 1 fully saturated rings. The minimum Gasteiger partial charge on any atom is -0.387 e. The van der Waals surface area contributed by atoms with Gasteiger partial charge in [0.15, 0.2) is 4.33 Å². The number of methoxy groups -OCH3 is 1. The molecule has 0 saturated carbocycles. The second-order valence-electron chi connectivity index (χ2n) is 2.67. The summed E-state index contributed by atoms with van der Waals surface area (Å²) < 4.78 is 8.41. The van der Waals surface area contributed by atoms with E-state index < -0.39 is 22.5 Å². The topological polar surface area (TPSA) is 38.7 Å². The molecule has 12 heavy (non-hydrogen) atoms. The maximum Gasteiger partial charge on any atom is 0.163 e. The fourth-order valence-electron chi connectivity index (χ4n) is 1.06. The largest absolute Gasteiger partial charge is 0.387 e. The van der Waals surface area contributed by atoms with Crippen LogP contribution in [0.3, 0.4) is 0 Å². The maximum atomic E-state index is 9.47. The number of aliphatic hydroxyl groups excluding tert-OH is 1. The summed E-state index contributed by atoms with van der Waals surface area (Å²) in [6, 6.07) is -0.879. The third-order valence-electron chi connectivity index (χ3n) is 1.78. The molecule has 0 amide bonds. The van der Waals surface area contributed by atoms with Crippen LogP contribution < -0.4 is 0 Å². The molecule has 0 aromatic carbocycles. The molecule has 3 atom stereocenters.